The van der Waals surface area contributed by atoms with Gasteiger partial charge in [-0.15, -0.1) is 0 Å². The lowest BCUT2D eigenvalue weighted by molar-refractivity contribution is 0.245. The van der Waals surface area contributed by atoms with Gasteiger partial charge in [0.15, 0.2) is 0 Å². The van der Waals surface area contributed by atoms with Gasteiger partial charge in [-0.25, -0.2) is 9.97 Å². The molecule has 1 unspecified atom stereocenters. The lowest BCUT2D eigenvalue weighted by Gasteiger charge is -2.24. The van der Waals surface area contributed by atoms with Gasteiger partial charge in [-0.3, -0.25) is 9.88 Å². The lowest BCUT2D eigenvalue weighted by atomic mass is 10.1. The molecular formula is C24H26N6O. The standard InChI is InChI=1S/C24H26N6O/c1-29-15-17(19-9-8-18(31-2)12-22(19)29)16-30-11-5-6-21(30)20-13-25-14-24(27-20)28-23-7-3-4-10-26-23/h3-4,7-10,12-15,21H,5-6,11,16H2,1-2H3,(H,26,27,28). The van der Waals surface area contributed by atoms with E-state index >= 15 is 0 Å². The van der Waals surface area contributed by atoms with Gasteiger partial charge in [-0.1, -0.05) is 6.07 Å². The van der Waals surface area contributed by atoms with Crippen molar-refractivity contribution in [2.45, 2.75) is 25.4 Å². The molecular weight excluding hydrogens is 388 g/mol. The van der Waals surface area contributed by atoms with Gasteiger partial charge >= 0.3 is 0 Å². The van der Waals surface area contributed by atoms with Gasteiger partial charge in [0.25, 0.3) is 0 Å². The first-order valence-corrected chi connectivity index (χ1v) is 10.6. The van der Waals surface area contributed by atoms with Crippen LogP contribution >= 0.6 is 0 Å². The lowest BCUT2D eigenvalue weighted by Crippen LogP contribution is -2.23. The zero-order chi connectivity index (χ0) is 21.2. The molecule has 1 saturated heterocycles. The van der Waals surface area contributed by atoms with E-state index in [1.165, 1.54) is 16.5 Å². The van der Waals surface area contributed by atoms with Crippen LogP contribution in [0.1, 0.15) is 30.1 Å². The van der Waals surface area contributed by atoms with Gasteiger partial charge in [0, 0.05) is 37.4 Å². The first kappa shape index (κ1) is 19.5. The number of fused-ring (bicyclic) bond motifs is 1. The Balaban J connectivity index is 1.38. The van der Waals surface area contributed by atoms with E-state index in [-0.39, 0.29) is 6.04 Å². The molecule has 0 spiro atoms. The van der Waals surface area contributed by atoms with Crippen LogP contribution in [-0.2, 0) is 13.6 Å². The number of anilines is 2. The van der Waals surface area contributed by atoms with Crippen molar-refractivity contribution < 1.29 is 4.74 Å². The van der Waals surface area contributed by atoms with Crippen molar-refractivity contribution in [3.8, 4) is 5.75 Å². The number of hydrogen-bond acceptors (Lipinski definition) is 6. The average molecular weight is 415 g/mol. The third kappa shape index (κ3) is 3.96. The van der Waals surface area contributed by atoms with Crippen LogP contribution in [-0.4, -0.2) is 38.1 Å². The van der Waals surface area contributed by atoms with Gasteiger partial charge in [-0.2, -0.15) is 0 Å². The second-order valence-corrected chi connectivity index (χ2v) is 7.95. The number of rotatable bonds is 6. The van der Waals surface area contributed by atoms with E-state index in [0.29, 0.717) is 0 Å². The third-order valence-electron chi connectivity index (χ3n) is 5.93. The topological polar surface area (TPSA) is 68.1 Å². The van der Waals surface area contributed by atoms with E-state index in [9.17, 15) is 0 Å². The van der Waals surface area contributed by atoms with Crippen LogP contribution < -0.4 is 10.1 Å². The summed E-state index contributed by atoms with van der Waals surface area (Å²) in [6.45, 7) is 1.94. The molecule has 1 fully saturated rings. The van der Waals surface area contributed by atoms with Gasteiger partial charge in [0.05, 0.1) is 36.8 Å². The van der Waals surface area contributed by atoms with Crippen molar-refractivity contribution in [1.82, 2.24) is 24.4 Å². The summed E-state index contributed by atoms with van der Waals surface area (Å²) in [4.78, 5) is 16.1. The molecule has 0 amide bonds. The minimum absolute atomic E-state index is 0.256. The summed E-state index contributed by atoms with van der Waals surface area (Å²) in [6.07, 6.45) is 9.86. The second kappa shape index (κ2) is 8.35. The zero-order valence-corrected chi connectivity index (χ0v) is 17.8. The van der Waals surface area contributed by atoms with Crippen molar-refractivity contribution >= 4 is 22.5 Å². The molecule has 0 bridgehead atoms. The number of nitrogens with one attached hydrogen (secondary N) is 1. The molecule has 31 heavy (non-hydrogen) atoms. The minimum atomic E-state index is 0.256. The predicted octanol–water partition coefficient (Wildman–Crippen LogP) is 4.45. The fraction of sp³-hybridized carbons (Fsp3) is 0.292. The Morgan fingerprint density at radius 1 is 1.16 bits per heavy atom. The number of methoxy groups -OCH3 is 1. The molecule has 7 heteroatoms. The number of nitrogens with zero attached hydrogens (tertiary/aromatic N) is 5. The van der Waals surface area contributed by atoms with Gasteiger partial charge in [0.1, 0.15) is 17.4 Å². The van der Waals surface area contributed by atoms with E-state index < -0.39 is 0 Å². The highest BCUT2D eigenvalue weighted by atomic mass is 16.5. The Morgan fingerprint density at radius 2 is 2.10 bits per heavy atom. The number of benzene rings is 1. The smallest absolute Gasteiger partial charge is 0.150 e. The first-order chi connectivity index (χ1) is 15.2. The van der Waals surface area contributed by atoms with Crippen molar-refractivity contribution in [3.05, 3.63) is 72.4 Å². The van der Waals surface area contributed by atoms with E-state index in [2.05, 4.69) is 50.1 Å². The molecule has 1 atom stereocenters. The van der Waals surface area contributed by atoms with Gasteiger partial charge in [0.2, 0.25) is 0 Å². The highest BCUT2D eigenvalue weighted by Gasteiger charge is 2.28. The number of pyridine rings is 1. The van der Waals surface area contributed by atoms with E-state index in [4.69, 9.17) is 9.72 Å². The summed E-state index contributed by atoms with van der Waals surface area (Å²) >= 11 is 0. The molecule has 7 nitrogen and oxygen atoms in total. The number of likely N-dealkylation sites (tertiary alicyclic amines) is 1. The minimum Gasteiger partial charge on any atom is -0.497 e. The molecule has 1 N–H and O–H groups in total. The summed E-state index contributed by atoms with van der Waals surface area (Å²) in [5, 5.41) is 4.52. The van der Waals surface area contributed by atoms with Crippen molar-refractivity contribution in [2.24, 2.45) is 7.05 Å². The maximum Gasteiger partial charge on any atom is 0.150 e. The summed E-state index contributed by atoms with van der Waals surface area (Å²) in [5.41, 5.74) is 3.51. The normalized spacial score (nSPS) is 16.6. The van der Waals surface area contributed by atoms with Crippen LogP contribution in [0, 0.1) is 0 Å². The van der Waals surface area contributed by atoms with Crippen LogP contribution in [0.25, 0.3) is 10.9 Å². The van der Waals surface area contributed by atoms with E-state index in [1.54, 1.807) is 19.5 Å². The molecule has 0 aliphatic carbocycles. The highest BCUT2D eigenvalue weighted by Crippen LogP contribution is 2.34. The van der Waals surface area contributed by atoms with Gasteiger partial charge < -0.3 is 14.6 Å². The molecule has 4 aromatic rings. The van der Waals surface area contributed by atoms with Crippen LogP contribution in [0.15, 0.2) is 61.2 Å². The maximum absolute atomic E-state index is 5.40. The first-order valence-electron chi connectivity index (χ1n) is 10.6. The van der Waals surface area contributed by atoms with Gasteiger partial charge in [-0.05, 0) is 49.2 Å². The Hall–Kier alpha value is -3.45. The Morgan fingerprint density at radius 3 is 2.94 bits per heavy atom. The van der Waals surface area contributed by atoms with Crippen molar-refractivity contribution in [2.75, 3.05) is 19.0 Å². The molecule has 0 radical (unpaired) electrons. The molecule has 1 aromatic carbocycles. The summed E-state index contributed by atoms with van der Waals surface area (Å²) in [6, 6.07) is 12.3. The predicted molar refractivity (Wildman–Crippen MR) is 121 cm³/mol. The van der Waals surface area contributed by atoms with Crippen LogP contribution in [0.2, 0.25) is 0 Å². The fourth-order valence-corrected chi connectivity index (χ4v) is 4.44. The fourth-order valence-electron chi connectivity index (χ4n) is 4.44. The Bertz CT molecular complexity index is 1190. The third-order valence-corrected chi connectivity index (χ3v) is 5.93. The maximum atomic E-state index is 5.40. The molecule has 1 aliphatic rings. The Kier molecular flexibility index (Phi) is 5.26. The molecule has 1 aliphatic heterocycles. The SMILES string of the molecule is COc1ccc2c(CN3CCCC3c3cncc(Nc4ccccn4)n3)cn(C)c2c1. The number of hydrogen-bond donors (Lipinski definition) is 1. The number of aryl methyl sites for hydroxylation is 1. The molecule has 158 valence electrons. The van der Waals surface area contributed by atoms with Crippen LogP contribution in [0.5, 0.6) is 5.75 Å². The Labute approximate surface area is 181 Å². The summed E-state index contributed by atoms with van der Waals surface area (Å²) < 4.78 is 7.58. The van der Waals surface area contributed by atoms with Crippen LogP contribution in [0.4, 0.5) is 11.6 Å². The largest absolute Gasteiger partial charge is 0.497 e. The highest BCUT2D eigenvalue weighted by molar-refractivity contribution is 5.85. The van der Waals surface area contributed by atoms with E-state index in [0.717, 1.165) is 49.0 Å². The molecule has 5 rings (SSSR count). The van der Waals surface area contributed by atoms with E-state index in [1.807, 2.05) is 30.5 Å². The number of aromatic nitrogens is 4. The average Bonchev–Trinajstić information content (AvgIpc) is 3.39. The quantitative estimate of drug-likeness (QED) is 0.503. The van der Waals surface area contributed by atoms with Crippen molar-refractivity contribution in [1.29, 1.82) is 0 Å². The molecule has 3 aromatic heterocycles. The summed E-state index contributed by atoms with van der Waals surface area (Å²) in [7, 11) is 3.79. The summed E-state index contributed by atoms with van der Waals surface area (Å²) in [5.74, 6) is 2.37. The number of ether oxygens (including phenoxy) is 1. The second-order valence-electron chi connectivity index (χ2n) is 7.95. The van der Waals surface area contributed by atoms with Crippen molar-refractivity contribution in [3.63, 3.8) is 0 Å². The van der Waals surface area contributed by atoms with Crippen LogP contribution in [0.3, 0.4) is 0 Å². The molecule has 4 heterocycles. The molecule has 0 saturated carbocycles. The monoisotopic (exact) mass is 414 g/mol. The zero-order valence-electron chi connectivity index (χ0n) is 17.8.